The molecule has 1 rings (SSSR count). The fraction of sp³-hybridized carbons (Fsp3) is 0.455. The first-order valence-electron chi connectivity index (χ1n) is 5.39. The van der Waals surface area contributed by atoms with Gasteiger partial charge >= 0.3 is 11.8 Å². The van der Waals surface area contributed by atoms with Crippen LogP contribution in [0, 0.1) is 0 Å². The molecule has 0 bridgehead atoms. The Morgan fingerprint density at radius 2 is 2.29 bits per heavy atom. The number of hydrogen-bond donors (Lipinski definition) is 2. The zero-order chi connectivity index (χ0) is 12.7. The summed E-state index contributed by atoms with van der Waals surface area (Å²) in [6, 6.07) is 3.41. The number of rotatable bonds is 5. The predicted octanol–water partition coefficient (Wildman–Crippen LogP) is -0.263. The average Bonchev–Trinajstić information content (AvgIpc) is 2.85. The Morgan fingerprint density at radius 1 is 1.53 bits per heavy atom. The first-order valence-corrected chi connectivity index (χ1v) is 5.39. The quantitative estimate of drug-likeness (QED) is 0.694. The summed E-state index contributed by atoms with van der Waals surface area (Å²) in [5, 5.41) is 11.2. The summed E-state index contributed by atoms with van der Waals surface area (Å²) >= 11 is 0. The van der Waals surface area contributed by atoms with Crippen LogP contribution in [0.5, 0.6) is 0 Å². The van der Waals surface area contributed by atoms with Crippen molar-refractivity contribution in [2.75, 3.05) is 19.7 Å². The molecule has 6 heteroatoms. The van der Waals surface area contributed by atoms with Crippen molar-refractivity contribution in [2.45, 2.75) is 13.5 Å². The molecule has 0 aliphatic heterocycles. The van der Waals surface area contributed by atoms with Gasteiger partial charge in [-0.05, 0) is 19.1 Å². The number of carbonyl (C=O) groups excluding carboxylic acids is 2. The number of carbonyl (C=O) groups is 2. The average molecular weight is 240 g/mol. The highest BCUT2D eigenvalue weighted by Gasteiger charge is 2.19. The van der Waals surface area contributed by atoms with Gasteiger partial charge in [0.05, 0.1) is 19.4 Å². The lowest BCUT2D eigenvalue weighted by atomic mass is 10.4. The van der Waals surface area contributed by atoms with Gasteiger partial charge in [0, 0.05) is 13.1 Å². The van der Waals surface area contributed by atoms with Crippen LogP contribution in [0.4, 0.5) is 0 Å². The number of aliphatic hydroxyl groups excluding tert-OH is 1. The van der Waals surface area contributed by atoms with E-state index in [1.54, 1.807) is 19.1 Å². The summed E-state index contributed by atoms with van der Waals surface area (Å²) in [5.74, 6) is -0.763. The van der Waals surface area contributed by atoms with Gasteiger partial charge in [-0.2, -0.15) is 0 Å². The van der Waals surface area contributed by atoms with Crippen molar-refractivity contribution in [1.82, 2.24) is 10.2 Å². The zero-order valence-corrected chi connectivity index (χ0v) is 9.68. The Labute approximate surface area is 99.2 Å². The molecule has 2 N–H and O–H groups in total. The Bertz CT molecular complexity index is 362. The molecule has 1 heterocycles. The molecule has 0 saturated heterocycles. The third-order valence-corrected chi connectivity index (χ3v) is 2.24. The van der Waals surface area contributed by atoms with Crippen LogP contribution in [0.2, 0.25) is 0 Å². The number of nitrogens with one attached hydrogen (secondary N) is 1. The first-order chi connectivity index (χ1) is 8.19. The third kappa shape index (κ3) is 3.92. The smallest absolute Gasteiger partial charge is 0.311 e. The van der Waals surface area contributed by atoms with Crippen LogP contribution in [0.1, 0.15) is 12.7 Å². The minimum atomic E-state index is -0.697. The molecule has 94 valence electrons. The van der Waals surface area contributed by atoms with E-state index in [1.165, 1.54) is 11.2 Å². The third-order valence-electron chi connectivity index (χ3n) is 2.24. The molecule has 0 unspecified atom stereocenters. The van der Waals surface area contributed by atoms with E-state index in [-0.39, 0.29) is 19.7 Å². The zero-order valence-electron chi connectivity index (χ0n) is 9.68. The molecular formula is C11H16N2O4. The molecule has 0 fully saturated rings. The lowest BCUT2D eigenvalue weighted by molar-refractivity contribution is -0.146. The highest BCUT2D eigenvalue weighted by atomic mass is 16.3. The van der Waals surface area contributed by atoms with Crippen LogP contribution in [0.3, 0.4) is 0 Å². The molecule has 0 radical (unpaired) electrons. The van der Waals surface area contributed by atoms with E-state index in [0.717, 1.165) is 0 Å². The maximum Gasteiger partial charge on any atom is 0.311 e. The number of hydrogen-bond acceptors (Lipinski definition) is 4. The van der Waals surface area contributed by atoms with E-state index >= 15 is 0 Å². The maximum atomic E-state index is 11.6. The van der Waals surface area contributed by atoms with E-state index < -0.39 is 11.8 Å². The number of aliphatic hydroxyl groups is 1. The lowest BCUT2D eigenvalue weighted by Gasteiger charge is -2.18. The lowest BCUT2D eigenvalue weighted by Crippen LogP contribution is -2.43. The molecule has 0 saturated carbocycles. The molecule has 0 aromatic carbocycles. The van der Waals surface area contributed by atoms with Gasteiger partial charge in [-0.25, -0.2) is 0 Å². The minimum absolute atomic E-state index is 0.156. The molecule has 6 nitrogen and oxygen atoms in total. The second-order valence-electron chi connectivity index (χ2n) is 3.37. The Balaban J connectivity index is 2.43. The van der Waals surface area contributed by atoms with E-state index in [0.29, 0.717) is 12.3 Å². The van der Waals surface area contributed by atoms with Crippen LogP contribution < -0.4 is 5.32 Å². The van der Waals surface area contributed by atoms with E-state index in [2.05, 4.69) is 5.32 Å². The summed E-state index contributed by atoms with van der Waals surface area (Å²) < 4.78 is 5.02. The standard InChI is InChI=1S/C11H16N2O4/c1-2-13(5-6-14)11(16)10(15)12-8-9-4-3-7-17-9/h3-4,7,14H,2,5-6,8H2,1H3,(H,12,15). The van der Waals surface area contributed by atoms with Gasteiger partial charge in [0.1, 0.15) is 5.76 Å². The van der Waals surface area contributed by atoms with Gasteiger partial charge in [0.25, 0.3) is 0 Å². The van der Waals surface area contributed by atoms with Gasteiger partial charge in [0.15, 0.2) is 0 Å². The monoisotopic (exact) mass is 240 g/mol. The molecule has 1 aromatic rings. The maximum absolute atomic E-state index is 11.6. The largest absolute Gasteiger partial charge is 0.467 e. The van der Waals surface area contributed by atoms with Crippen LogP contribution in [-0.4, -0.2) is 41.5 Å². The van der Waals surface area contributed by atoms with E-state index in [9.17, 15) is 9.59 Å². The summed E-state index contributed by atoms with van der Waals surface area (Å²) in [7, 11) is 0. The summed E-state index contributed by atoms with van der Waals surface area (Å²) in [4.78, 5) is 24.4. The number of likely N-dealkylation sites (N-methyl/N-ethyl adjacent to an activating group) is 1. The molecule has 0 aliphatic carbocycles. The molecule has 1 aromatic heterocycles. The van der Waals surface area contributed by atoms with Crippen molar-refractivity contribution in [3.63, 3.8) is 0 Å². The molecule has 0 atom stereocenters. The topological polar surface area (TPSA) is 82.8 Å². The van der Waals surface area contributed by atoms with Crippen LogP contribution in [-0.2, 0) is 16.1 Å². The minimum Gasteiger partial charge on any atom is -0.467 e. The second kappa shape index (κ2) is 6.70. The molecule has 17 heavy (non-hydrogen) atoms. The number of furan rings is 1. The van der Waals surface area contributed by atoms with Gasteiger partial charge in [0.2, 0.25) is 0 Å². The molecule has 0 spiro atoms. The van der Waals surface area contributed by atoms with E-state index in [4.69, 9.17) is 9.52 Å². The van der Waals surface area contributed by atoms with E-state index in [1.807, 2.05) is 0 Å². The summed E-state index contributed by atoms with van der Waals surface area (Å²) in [6.07, 6.45) is 1.49. The Morgan fingerprint density at radius 3 is 2.82 bits per heavy atom. The Kier molecular flexibility index (Phi) is 5.22. The highest BCUT2D eigenvalue weighted by molar-refractivity contribution is 6.34. The van der Waals surface area contributed by atoms with Gasteiger partial charge in [-0.15, -0.1) is 0 Å². The van der Waals surface area contributed by atoms with Crippen molar-refractivity contribution >= 4 is 11.8 Å². The molecule has 2 amide bonds. The van der Waals surface area contributed by atoms with Crippen molar-refractivity contribution in [3.8, 4) is 0 Å². The SMILES string of the molecule is CCN(CCO)C(=O)C(=O)NCc1ccco1. The Hall–Kier alpha value is -1.82. The van der Waals surface area contributed by atoms with Crippen LogP contribution in [0.15, 0.2) is 22.8 Å². The van der Waals surface area contributed by atoms with Gasteiger partial charge in [-0.3, -0.25) is 9.59 Å². The van der Waals surface area contributed by atoms with Crippen molar-refractivity contribution in [2.24, 2.45) is 0 Å². The fourth-order valence-electron chi connectivity index (χ4n) is 1.32. The van der Waals surface area contributed by atoms with Crippen molar-refractivity contribution < 1.29 is 19.1 Å². The van der Waals surface area contributed by atoms with Crippen LogP contribution in [0.25, 0.3) is 0 Å². The fourth-order valence-corrected chi connectivity index (χ4v) is 1.32. The summed E-state index contributed by atoms with van der Waals surface area (Å²) in [6.45, 7) is 2.30. The molecular weight excluding hydrogens is 224 g/mol. The molecule has 0 aliphatic rings. The second-order valence-corrected chi connectivity index (χ2v) is 3.37. The number of nitrogens with zero attached hydrogens (tertiary/aromatic N) is 1. The predicted molar refractivity (Wildman–Crippen MR) is 59.9 cm³/mol. The van der Waals surface area contributed by atoms with Crippen molar-refractivity contribution in [3.05, 3.63) is 24.2 Å². The number of amides is 2. The van der Waals surface area contributed by atoms with Gasteiger partial charge in [-0.1, -0.05) is 0 Å². The van der Waals surface area contributed by atoms with Gasteiger partial charge < -0.3 is 19.7 Å². The van der Waals surface area contributed by atoms with Crippen LogP contribution >= 0.6 is 0 Å². The first kappa shape index (κ1) is 13.2. The highest BCUT2D eigenvalue weighted by Crippen LogP contribution is 1.98. The normalized spacial score (nSPS) is 10.0. The summed E-state index contributed by atoms with van der Waals surface area (Å²) in [5.41, 5.74) is 0. The van der Waals surface area contributed by atoms with Crippen molar-refractivity contribution in [1.29, 1.82) is 0 Å².